The van der Waals surface area contributed by atoms with Gasteiger partial charge in [-0.1, -0.05) is 0 Å². The van der Waals surface area contributed by atoms with E-state index in [9.17, 15) is 4.79 Å². The van der Waals surface area contributed by atoms with Crippen LogP contribution in [0.4, 0.5) is 16.8 Å². The molecule has 1 N–H and O–H groups in total. The minimum absolute atomic E-state index is 0.0217. The van der Waals surface area contributed by atoms with Gasteiger partial charge >= 0.3 is 0 Å². The summed E-state index contributed by atoms with van der Waals surface area (Å²) in [5.74, 6) is 1.75. The van der Waals surface area contributed by atoms with Crippen molar-refractivity contribution in [1.29, 1.82) is 0 Å². The summed E-state index contributed by atoms with van der Waals surface area (Å²) in [7, 11) is 3.91. The van der Waals surface area contributed by atoms with E-state index < -0.39 is 5.41 Å². The van der Waals surface area contributed by atoms with Crippen LogP contribution in [0.25, 0.3) is 0 Å². The van der Waals surface area contributed by atoms with Crippen molar-refractivity contribution in [3.63, 3.8) is 0 Å². The lowest BCUT2D eigenvalue weighted by atomic mass is 9.81. The van der Waals surface area contributed by atoms with Crippen LogP contribution < -0.4 is 15.1 Å². The van der Waals surface area contributed by atoms with E-state index in [0.717, 1.165) is 35.9 Å². The van der Waals surface area contributed by atoms with Crippen molar-refractivity contribution < 1.29 is 4.79 Å². The third kappa shape index (κ3) is 3.89. The second kappa shape index (κ2) is 6.95. The quantitative estimate of drug-likeness (QED) is 0.903. The highest BCUT2D eigenvalue weighted by Gasteiger charge is 2.38. The second-order valence-corrected chi connectivity index (χ2v) is 8.18. The summed E-state index contributed by atoms with van der Waals surface area (Å²) in [6.07, 6.45) is 5.15. The monoisotopic (exact) mass is 360 g/mol. The Morgan fingerprint density at radius 2 is 2.16 bits per heavy atom. The number of thiazole rings is 1. The maximum absolute atomic E-state index is 12.8. The van der Waals surface area contributed by atoms with Crippen molar-refractivity contribution in [3.05, 3.63) is 23.5 Å². The molecule has 1 saturated heterocycles. The Balaban J connectivity index is 1.75. The maximum atomic E-state index is 12.8. The first-order valence-corrected chi connectivity index (χ1v) is 9.17. The predicted molar refractivity (Wildman–Crippen MR) is 101 cm³/mol. The fourth-order valence-corrected chi connectivity index (χ4v) is 3.70. The summed E-state index contributed by atoms with van der Waals surface area (Å²) in [4.78, 5) is 31.0. The van der Waals surface area contributed by atoms with Crippen LogP contribution in [0.3, 0.4) is 0 Å². The second-order valence-electron chi connectivity index (χ2n) is 6.94. The largest absolute Gasteiger partial charge is 0.363 e. The number of nitrogens with zero attached hydrogens (tertiary/aromatic N) is 5. The van der Waals surface area contributed by atoms with Crippen molar-refractivity contribution in [2.24, 2.45) is 5.41 Å². The van der Waals surface area contributed by atoms with E-state index in [4.69, 9.17) is 0 Å². The SMILES string of the molecule is Cc1cnc(NC(=O)[C@@]2(C)CCCN(c3cc(N(C)C)ncn3)C2)s1. The van der Waals surface area contributed by atoms with Gasteiger partial charge < -0.3 is 15.1 Å². The Labute approximate surface area is 152 Å². The molecular formula is C17H24N6OS. The Morgan fingerprint density at radius 3 is 2.84 bits per heavy atom. The van der Waals surface area contributed by atoms with Crippen LogP contribution in [0.5, 0.6) is 0 Å². The van der Waals surface area contributed by atoms with Gasteiger partial charge in [-0.25, -0.2) is 15.0 Å². The fraction of sp³-hybridized carbons (Fsp3) is 0.529. The summed E-state index contributed by atoms with van der Waals surface area (Å²) in [5, 5.41) is 3.64. The zero-order chi connectivity index (χ0) is 18.0. The number of anilines is 3. The van der Waals surface area contributed by atoms with E-state index in [1.165, 1.54) is 11.3 Å². The number of rotatable bonds is 4. The van der Waals surface area contributed by atoms with Crippen LogP contribution >= 0.6 is 11.3 Å². The fourth-order valence-electron chi connectivity index (χ4n) is 3.04. The van der Waals surface area contributed by atoms with Crippen molar-refractivity contribution in [1.82, 2.24) is 15.0 Å². The molecule has 0 aliphatic carbocycles. The van der Waals surface area contributed by atoms with Crippen molar-refractivity contribution in [2.75, 3.05) is 42.3 Å². The smallest absolute Gasteiger partial charge is 0.233 e. The normalized spacial score (nSPS) is 20.4. The number of carbonyl (C=O) groups is 1. The molecule has 1 aliphatic heterocycles. The first-order valence-electron chi connectivity index (χ1n) is 8.36. The highest BCUT2D eigenvalue weighted by atomic mass is 32.1. The van der Waals surface area contributed by atoms with Gasteiger partial charge in [-0.05, 0) is 26.7 Å². The number of carbonyl (C=O) groups excluding carboxylic acids is 1. The molecule has 0 saturated carbocycles. The van der Waals surface area contributed by atoms with E-state index in [-0.39, 0.29) is 5.91 Å². The van der Waals surface area contributed by atoms with Gasteiger partial charge in [0.1, 0.15) is 18.0 Å². The Morgan fingerprint density at radius 1 is 1.36 bits per heavy atom. The molecule has 2 aromatic rings. The molecule has 2 aromatic heterocycles. The van der Waals surface area contributed by atoms with E-state index in [1.807, 2.05) is 38.9 Å². The van der Waals surface area contributed by atoms with Gasteiger partial charge in [-0.3, -0.25) is 4.79 Å². The summed E-state index contributed by atoms with van der Waals surface area (Å²) in [6, 6.07) is 1.97. The van der Waals surface area contributed by atoms with Gasteiger partial charge in [0.25, 0.3) is 0 Å². The standard InChI is InChI=1S/C17H24N6OS/c1-12-9-18-16(25-12)21-15(24)17(2)6-5-7-23(10-17)14-8-13(22(3)4)19-11-20-14/h8-9,11H,5-7,10H2,1-4H3,(H,18,21,24)/t17-/m0/s1. The molecule has 1 amide bonds. The average molecular weight is 360 g/mol. The molecule has 1 aliphatic rings. The molecule has 0 spiro atoms. The molecule has 1 atom stereocenters. The first-order chi connectivity index (χ1) is 11.9. The molecule has 0 aromatic carbocycles. The third-order valence-corrected chi connectivity index (χ3v) is 5.33. The van der Waals surface area contributed by atoms with Gasteiger partial charge in [0.05, 0.1) is 5.41 Å². The van der Waals surface area contributed by atoms with Gasteiger partial charge in [0.15, 0.2) is 5.13 Å². The van der Waals surface area contributed by atoms with E-state index >= 15 is 0 Å². The predicted octanol–water partition coefficient (Wildman–Crippen LogP) is 2.55. The number of nitrogens with one attached hydrogen (secondary N) is 1. The zero-order valence-corrected chi connectivity index (χ0v) is 15.9. The van der Waals surface area contributed by atoms with Gasteiger partial charge in [0, 0.05) is 44.3 Å². The number of hydrogen-bond acceptors (Lipinski definition) is 7. The van der Waals surface area contributed by atoms with Crippen LogP contribution in [-0.4, -0.2) is 48.0 Å². The number of aromatic nitrogens is 3. The minimum atomic E-state index is -0.471. The lowest BCUT2D eigenvalue weighted by molar-refractivity contribution is -0.125. The Bertz CT molecular complexity index is 761. The number of hydrogen-bond donors (Lipinski definition) is 1. The lowest BCUT2D eigenvalue weighted by Gasteiger charge is -2.39. The topological polar surface area (TPSA) is 74.2 Å². The highest BCUT2D eigenvalue weighted by molar-refractivity contribution is 7.15. The molecular weight excluding hydrogens is 336 g/mol. The summed E-state index contributed by atoms with van der Waals surface area (Å²) in [6.45, 7) is 5.52. The molecule has 134 valence electrons. The maximum Gasteiger partial charge on any atom is 0.233 e. The van der Waals surface area contributed by atoms with Crippen molar-refractivity contribution in [3.8, 4) is 0 Å². The van der Waals surface area contributed by atoms with Crippen LogP contribution in [0.2, 0.25) is 0 Å². The van der Waals surface area contributed by atoms with Crippen LogP contribution in [0.15, 0.2) is 18.6 Å². The molecule has 0 bridgehead atoms. The van der Waals surface area contributed by atoms with Gasteiger partial charge in [-0.15, -0.1) is 11.3 Å². The Hall–Kier alpha value is -2.22. The number of piperidine rings is 1. The molecule has 0 radical (unpaired) electrons. The molecule has 1 fully saturated rings. The molecule has 25 heavy (non-hydrogen) atoms. The van der Waals surface area contributed by atoms with Crippen LogP contribution in [0, 0.1) is 12.3 Å². The number of amides is 1. The summed E-state index contributed by atoms with van der Waals surface area (Å²) in [5.41, 5.74) is -0.471. The summed E-state index contributed by atoms with van der Waals surface area (Å²) >= 11 is 1.50. The Kier molecular flexibility index (Phi) is 4.89. The summed E-state index contributed by atoms with van der Waals surface area (Å²) < 4.78 is 0. The molecule has 3 rings (SSSR count). The van der Waals surface area contributed by atoms with Crippen LogP contribution in [-0.2, 0) is 4.79 Å². The van der Waals surface area contributed by atoms with Crippen molar-refractivity contribution >= 4 is 34.0 Å². The molecule has 7 nitrogen and oxygen atoms in total. The van der Waals surface area contributed by atoms with Crippen molar-refractivity contribution in [2.45, 2.75) is 26.7 Å². The highest BCUT2D eigenvalue weighted by Crippen LogP contribution is 2.33. The molecule has 8 heteroatoms. The lowest BCUT2D eigenvalue weighted by Crippen LogP contribution is -2.48. The van der Waals surface area contributed by atoms with E-state index in [0.29, 0.717) is 11.7 Å². The third-order valence-electron chi connectivity index (χ3n) is 4.51. The first kappa shape index (κ1) is 17.6. The average Bonchev–Trinajstić information content (AvgIpc) is 3.00. The minimum Gasteiger partial charge on any atom is -0.363 e. The molecule has 3 heterocycles. The van der Waals surface area contributed by atoms with E-state index in [1.54, 1.807) is 12.5 Å². The zero-order valence-electron chi connectivity index (χ0n) is 15.1. The van der Waals surface area contributed by atoms with Gasteiger partial charge in [0.2, 0.25) is 5.91 Å². The van der Waals surface area contributed by atoms with Gasteiger partial charge in [-0.2, -0.15) is 0 Å². The van der Waals surface area contributed by atoms with E-state index in [2.05, 4.69) is 25.2 Å². The van der Waals surface area contributed by atoms with Crippen LogP contribution in [0.1, 0.15) is 24.6 Å². The number of aryl methyl sites for hydroxylation is 1. The molecule has 0 unspecified atom stereocenters.